The Labute approximate surface area is 171 Å². The van der Waals surface area contributed by atoms with Crippen LogP contribution in [0.5, 0.6) is 0 Å². The highest BCUT2D eigenvalue weighted by Gasteiger charge is 2.32. The first kappa shape index (κ1) is 20.5. The Morgan fingerprint density at radius 1 is 1.07 bits per heavy atom. The van der Waals surface area contributed by atoms with Crippen molar-refractivity contribution < 1.29 is 9.59 Å². The van der Waals surface area contributed by atoms with Gasteiger partial charge in [0, 0.05) is 30.1 Å². The summed E-state index contributed by atoms with van der Waals surface area (Å²) in [4.78, 5) is 27.0. The molecule has 0 bridgehead atoms. The maximum atomic E-state index is 12.8. The Morgan fingerprint density at radius 3 is 2.25 bits per heavy atom. The number of rotatable bonds is 8. The molecule has 1 fully saturated rings. The number of carbonyl (C=O) groups excluding carboxylic acids is 2. The van der Waals surface area contributed by atoms with Crippen LogP contribution in [0.1, 0.15) is 50.7 Å². The van der Waals surface area contributed by atoms with Gasteiger partial charge in [-0.3, -0.25) is 9.59 Å². The maximum absolute atomic E-state index is 12.8. The first-order chi connectivity index (χ1) is 13.4. The summed E-state index contributed by atoms with van der Waals surface area (Å²) < 4.78 is 0. The highest BCUT2D eigenvalue weighted by atomic mass is 32.2. The lowest BCUT2D eigenvalue weighted by Crippen LogP contribution is -2.33. The molecule has 0 heterocycles. The third-order valence-electron chi connectivity index (χ3n) is 4.84. The minimum atomic E-state index is -0.0860. The second kappa shape index (κ2) is 9.28. The van der Waals surface area contributed by atoms with Crippen molar-refractivity contribution in [1.82, 2.24) is 4.90 Å². The van der Waals surface area contributed by atoms with Crippen molar-refractivity contribution in [3.05, 3.63) is 59.7 Å². The molecule has 2 aromatic carbocycles. The summed E-state index contributed by atoms with van der Waals surface area (Å²) in [5.74, 6) is 1.05. The Morgan fingerprint density at radius 2 is 1.71 bits per heavy atom. The van der Waals surface area contributed by atoms with E-state index < -0.39 is 0 Å². The highest BCUT2D eigenvalue weighted by Crippen LogP contribution is 2.30. The SMILES string of the molecule is CC(=O)Nc1ccc(SCC(=O)N(Cc2ccc(C(C)C)cc2)C2CC2)cc1. The summed E-state index contributed by atoms with van der Waals surface area (Å²) in [6, 6.07) is 16.6. The molecule has 0 saturated heterocycles. The molecule has 2 amide bonds. The first-order valence-corrected chi connectivity index (χ1v) is 10.8. The summed E-state index contributed by atoms with van der Waals surface area (Å²) >= 11 is 1.54. The summed E-state index contributed by atoms with van der Waals surface area (Å²) in [5.41, 5.74) is 3.29. The fourth-order valence-corrected chi connectivity index (χ4v) is 3.86. The molecule has 0 unspecified atom stereocenters. The molecule has 1 N–H and O–H groups in total. The van der Waals surface area contributed by atoms with Gasteiger partial charge in [0.05, 0.1) is 5.75 Å². The molecule has 148 valence electrons. The first-order valence-electron chi connectivity index (χ1n) is 9.81. The van der Waals surface area contributed by atoms with Gasteiger partial charge < -0.3 is 10.2 Å². The lowest BCUT2D eigenvalue weighted by atomic mass is 10.0. The quantitative estimate of drug-likeness (QED) is 0.635. The molecule has 5 heteroatoms. The van der Waals surface area contributed by atoms with E-state index in [4.69, 9.17) is 0 Å². The number of benzene rings is 2. The zero-order valence-electron chi connectivity index (χ0n) is 16.8. The molecule has 0 spiro atoms. The monoisotopic (exact) mass is 396 g/mol. The number of hydrogen-bond donors (Lipinski definition) is 1. The van der Waals surface area contributed by atoms with E-state index >= 15 is 0 Å². The molecule has 28 heavy (non-hydrogen) atoms. The molecule has 4 nitrogen and oxygen atoms in total. The maximum Gasteiger partial charge on any atom is 0.233 e. The van der Waals surface area contributed by atoms with Gasteiger partial charge >= 0.3 is 0 Å². The lowest BCUT2D eigenvalue weighted by Gasteiger charge is -2.23. The zero-order chi connectivity index (χ0) is 20.1. The van der Waals surface area contributed by atoms with Crippen molar-refractivity contribution in [2.45, 2.75) is 57.0 Å². The van der Waals surface area contributed by atoms with E-state index in [2.05, 4.69) is 43.4 Å². The van der Waals surface area contributed by atoms with E-state index in [1.807, 2.05) is 29.2 Å². The van der Waals surface area contributed by atoms with E-state index in [1.54, 1.807) is 11.8 Å². The number of thioether (sulfide) groups is 1. The van der Waals surface area contributed by atoms with Crippen LogP contribution < -0.4 is 5.32 Å². The number of carbonyl (C=O) groups is 2. The van der Waals surface area contributed by atoms with E-state index in [-0.39, 0.29) is 11.8 Å². The molecular weight excluding hydrogens is 368 g/mol. The van der Waals surface area contributed by atoms with Gasteiger partial charge in [-0.2, -0.15) is 0 Å². The van der Waals surface area contributed by atoms with Crippen molar-refractivity contribution in [1.29, 1.82) is 0 Å². The number of nitrogens with one attached hydrogen (secondary N) is 1. The fourth-order valence-electron chi connectivity index (χ4n) is 3.08. The third kappa shape index (κ3) is 5.86. The molecule has 1 saturated carbocycles. The van der Waals surface area contributed by atoms with Gasteiger partial charge in [0.1, 0.15) is 0 Å². The molecule has 2 aromatic rings. The molecular formula is C23H28N2O2S. The van der Waals surface area contributed by atoms with Crippen molar-refractivity contribution in [2.75, 3.05) is 11.1 Å². The smallest absolute Gasteiger partial charge is 0.233 e. The van der Waals surface area contributed by atoms with Crippen LogP contribution in [0.25, 0.3) is 0 Å². The van der Waals surface area contributed by atoms with E-state index in [1.165, 1.54) is 18.1 Å². The fraction of sp³-hybridized carbons (Fsp3) is 0.391. The molecule has 1 aliphatic carbocycles. The van der Waals surface area contributed by atoms with Crippen LogP contribution >= 0.6 is 11.8 Å². The Hall–Kier alpha value is -2.27. The minimum absolute atomic E-state index is 0.0860. The lowest BCUT2D eigenvalue weighted by molar-refractivity contribution is -0.129. The van der Waals surface area contributed by atoms with E-state index in [0.717, 1.165) is 23.4 Å². The number of nitrogens with zero attached hydrogens (tertiary/aromatic N) is 1. The molecule has 3 rings (SSSR count). The Balaban J connectivity index is 1.56. The van der Waals surface area contributed by atoms with Crippen LogP contribution in [-0.2, 0) is 16.1 Å². The van der Waals surface area contributed by atoms with E-state index in [9.17, 15) is 9.59 Å². The summed E-state index contributed by atoms with van der Waals surface area (Å²) in [6.07, 6.45) is 2.21. The number of anilines is 1. The number of amides is 2. The van der Waals surface area contributed by atoms with Crippen molar-refractivity contribution >= 4 is 29.3 Å². The van der Waals surface area contributed by atoms with Crippen LogP contribution in [0, 0.1) is 0 Å². The highest BCUT2D eigenvalue weighted by molar-refractivity contribution is 8.00. The van der Waals surface area contributed by atoms with Crippen molar-refractivity contribution in [2.24, 2.45) is 0 Å². The average molecular weight is 397 g/mol. The normalized spacial score (nSPS) is 13.4. The van der Waals surface area contributed by atoms with Crippen molar-refractivity contribution in [3.63, 3.8) is 0 Å². The standard InChI is InChI=1S/C23H28N2O2S/c1-16(2)19-6-4-18(5-7-19)14-25(21-10-11-21)23(27)15-28-22-12-8-20(9-13-22)24-17(3)26/h4-9,12-13,16,21H,10-11,14-15H2,1-3H3,(H,24,26). The number of hydrogen-bond acceptors (Lipinski definition) is 3. The van der Waals surface area contributed by atoms with E-state index in [0.29, 0.717) is 24.3 Å². The van der Waals surface area contributed by atoms with Crippen LogP contribution in [0.3, 0.4) is 0 Å². The predicted octanol–water partition coefficient (Wildman–Crippen LogP) is 5.05. The molecule has 0 aliphatic heterocycles. The van der Waals surface area contributed by atoms with Crippen LogP contribution in [-0.4, -0.2) is 28.5 Å². The van der Waals surface area contributed by atoms with Gasteiger partial charge in [-0.05, 0) is 54.2 Å². The van der Waals surface area contributed by atoms with Gasteiger partial charge in [0.2, 0.25) is 11.8 Å². The van der Waals surface area contributed by atoms with Crippen LogP contribution in [0.2, 0.25) is 0 Å². The second-order valence-corrected chi connectivity index (χ2v) is 8.69. The minimum Gasteiger partial charge on any atom is -0.335 e. The molecule has 0 radical (unpaired) electrons. The Bertz CT molecular complexity index is 812. The third-order valence-corrected chi connectivity index (χ3v) is 5.84. The topological polar surface area (TPSA) is 49.4 Å². The summed E-state index contributed by atoms with van der Waals surface area (Å²) in [7, 11) is 0. The van der Waals surface area contributed by atoms with Gasteiger partial charge in [-0.1, -0.05) is 38.1 Å². The Kier molecular flexibility index (Phi) is 6.79. The largest absolute Gasteiger partial charge is 0.335 e. The van der Waals surface area contributed by atoms with Crippen molar-refractivity contribution in [3.8, 4) is 0 Å². The molecule has 0 aromatic heterocycles. The van der Waals surface area contributed by atoms with Crippen LogP contribution in [0.15, 0.2) is 53.4 Å². The zero-order valence-corrected chi connectivity index (χ0v) is 17.6. The summed E-state index contributed by atoms with van der Waals surface area (Å²) in [5, 5.41) is 2.75. The van der Waals surface area contributed by atoms with Gasteiger partial charge in [-0.15, -0.1) is 11.8 Å². The molecule has 0 atom stereocenters. The van der Waals surface area contributed by atoms with Gasteiger partial charge in [0.15, 0.2) is 0 Å². The predicted molar refractivity (Wildman–Crippen MR) is 116 cm³/mol. The average Bonchev–Trinajstić information content (AvgIpc) is 3.50. The molecule has 1 aliphatic rings. The van der Waals surface area contributed by atoms with Gasteiger partial charge in [-0.25, -0.2) is 0 Å². The summed E-state index contributed by atoms with van der Waals surface area (Å²) in [6.45, 7) is 6.55. The second-order valence-electron chi connectivity index (χ2n) is 7.64. The van der Waals surface area contributed by atoms with Gasteiger partial charge in [0.25, 0.3) is 0 Å². The van der Waals surface area contributed by atoms with Crippen LogP contribution in [0.4, 0.5) is 5.69 Å².